The first-order valence-electron chi connectivity index (χ1n) is 6.41. The molecule has 0 aromatic heterocycles. The van der Waals surface area contributed by atoms with Crippen molar-refractivity contribution in [2.24, 2.45) is 0 Å². The Morgan fingerprint density at radius 2 is 2.10 bits per heavy atom. The summed E-state index contributed by atoms with van der Waals surface area (Å²) in [5, 5.41) is 2.71. The van der Waals surface area contributed by atoms with Crippen LogP contribution in [0.3, 0.4) is 0 Å². The van der Waals surface area contributed by atoms with Gasteiger partial charge in [0.15, 0.2) is 0 Å². The van der Waals surface area contributed by atoms with Gasteiger partial charge in [-0.25, -0.2) is 4.39 Å². The molecule has 6 heteroatoms. The van der Waals surface area contributed by atoms with Gasteiger partial charge in [-0.15, -0.1) is 0 Å². The largest absolute Gasteiger partial charge is 0.340 e. The van der Waals surface area contributed by atoms with Gasteiger partial charge in [0, 0.05) is 4.47 Å². The monoisotopic (exact) mass is 342 g/mol. The lowest BCUT2D eigenvalue weighted by Crippen LogP contribution is -2.68. The summed E-state index contributed by atoms with van der Waals surface area (Å²) in [6.07, 6.45) is 0.441. The van der Waals surface area contributed by atoms with Gasteiger partial charge in [-0.05, 0) is 38.5 Å². The third kappa shape index (κ3) is 2.32. The molecule has 1 heterocycles. The number of nitrogens with zero attached hydrogens (tertiary/aromatic N) is 1. The second kappa shape index (κ2) is 5.16. The Kier molecular flexibility index (Phi) is 3.86. The van der Waals surface area contributed by atoms with E-state index >= 15 is 0 Å². The van der Waals surface area contributed by atoms with Crippen molar-refractivity contribution in [1.82, 2.24) is 5.32 Å². The molecule has 108 valence electrons. The van der Waals surface area contributed by atoms with E-state index in [1.165, 1.54) is 17.0 Å². The zero-order chi connectivity index (χ0) is 15.1. The molecule has 1 fully saturated rings. The second-order valence-corrected chi connectivity index (χ2v) is 6.04. The Morgan fingerprint density at radius 1 is 1.45 bits per heavy atom. The van der Waals surface area contributed by atoms with Gasteiger partial charge in [-0.1, -0.05) is 22.9 Å². The van der Waals surface area contributed by atoms with Crippen molar-refractivity contribution in [3.8, 4) is 0 Å². The number of benzene rings is 1. The van der Waals surface area contributed by atoms with Crippen LogP contribution in [0.4, 0.5) is 10.1 Å². The van der Waals surface area contributed by atoms with Gasteiger partial charge in [-0.2, -0.15) is 0 Å². The van der Waals surface area contributed by atoms with Gasteiger partial charge in [0.25, 0.3) is 5.91 Å². The number of carbonyl (C=O) groups excluding carboxylic acids is 2. The maximum atomic E-state index is 14.0. The lowest BCUT2D eigenvalue weighted by molar-refractivity contribution is -0.137. The summed E-state index contributed by atoms with van der Waals surface area (Å²) in [6.45, 7) is 5.05. The minimum absolute atomic E-state index is 0.117. The molecular weight excluding hydrogens is 327 g/mol. The van der Waals surface area contributed by atoms with Gasteiger partial charge in [0.05, 0.1) is 5.69 Å². The van der Waals surface area contributed by atoms with Crippen molar-refractivity contribution in [1.29, 1.82) is 0 Å². The fourth-order valence-electron chi connectivity index (χ4n) is 2.22. The van der Waals surface area contributed by atoms with E-state index in [1.807, 2.05) is 6.92 Å². The van der Waals surface area contributed by atoms with Crippen molar-refractivity contribution in [3.63, 3.8) is 0 Å². The number of carbonyl (C=O) groups is 2. The highest BCUT2D eigenvalue weighted by atomic mass is 79.9. The predicted molar refractivity (Wildman–Crippen MR) is 77.9 cm³/mol. The van der Waals surface area contributed by atoms with Gasteiger partial charge in [-0.3, -0.25) is 14.5 Å². The van der Waals surface area contributed by atoms with E-state index < -0.39 is 17.4 Å². The number of amides is 2. The Morgan fingerprint density at radius 3 is 2.70 bits per heavy atom. The molecule has 0 aliphatic carbocycles. The van der Waals surface area contributed by atoms with Crippen LogP contribution in [-0.4, -0.2) is 23.4 Å². The van der Waals surface area contributed by atoms with E-state index in [1.54, 1.807) is 19.9 Å². The average molecular weight is 343 g/mol. The number of halogens is 2. The van der Waals surface area contributed by atoms with Crippen LogP contribution in [-0.2, 0) is 9.59 Å². The highest BCUT2D eigenvalue weighted by molar-refractivity contribution is 9.10. The number of rotatable bonds is 2. The number of piperazine rings is 1. The van der Waals surface area contributed by atoms with Crippen molar-refractivity contribution in [2.45, 2.75) is 38.8 Å². The lowest BCUT2D eigenvalue weighted by Gasteiger charge is -2.43. The molecule has 1 N–H and O–H groups in total. The smallest absolute Gasteiger partial charge is 0.253 e. The highest BCUT2D eigenvalue weighted by Gasteiger charge is 2.46. The van der Waals surface area contributed by atoms with Crippen LogP contribution in [0.5, 0.6) is 0 Å². The summed E-state index contributed by atoms with van der Waals surface area (Å²) >= 11 is 3.26. The molecule has 1 aromatic rings. The number of anilines is 1. The summed E-state index contributed by atoms with van der Waals surface area (Å²) in [5.41, 5.74) is -0.885. The molecule has 1 saturated heterocycles. The van der Waals surface area contributed by atoms with Crippen molar-refractivity contribution >= 4 is 33.4 Å². The fraction of sp³-hybridized carbons (Fsp3) is 0.429. The molecular formula is C14H16BrFN2O2. The number of hydrogen-bond acceptors (Lipinski definition) is 2. The molecule has 1 aromatic carbocycles. The molecule has 4 nitrogen and oxygen atoms in total. The van der Waals surface area contributed by atoms with Gasteiger partial charge in [0.2, 0.25) is 5.91 Å². The van der Waals surface area contributed by atoms with E-state index in [0.717, 1.165) is 0 Å². The van der Waals surface area contributed by atoms with Crippen molar-refractivity contribution < 1.29 is 14.0 Å². The first-order chi connectivity index (χ1) is 9.30. The van der Waals surface area contributed by atoms with Crippen molar-refractivity contribution in [3.05, 3.63) is 28.5 Å². The molecule has 0 bridgehead atoms. The first-order valence-corrected chi connectivity index (χ1v) is 7.20. The maximum Gasteiger partial charge on any atom is 0.253 e. The first kappa shape index (κ1) is 15.0. The van der Waals surface area contributed by atoms with E-state index in [4.69, 9.17) is 0 Å². The summed E-state index contributed by atoms with van der Waals surface area (Å²) < 4.78 is 14.7. The Bertz CT molecular complexity index is 578. The third-order valence-corrected chi connectivity index (χ3v) is 4.22. The normalized spacial score (nSPS) is 26.6. The molecule has 0 spiro atoms. The summed E-state index contributed by atoms with van der Waals surface area (Å²) in [6, 6.07) is 3.59. The quantitative estimate of drug-likeness (QED) is 0.898. The van der Waals surface area contributed by atoms with E-state index in [-0.39, 0.29) is 17.5 Å². The highest BCUT2D eigenvalue weighted by Crippen LogP contribution is 2.31. The lowest BCUT2D eigenvalue weighted by atomic mass is 9.91. The Hall–Kier alpha value is -1.43. The third-order valence-electron chi connectivity index (χ3n) is 3.73. The van der Waals surface area contributed by atoms with Crippen LogP contribution < -0.4 is 10.2 Å². The minimum atomic E-state index is -1.00. The van der Waals surface area contributed by atoms with Crippen molar-refractivity contribution in [2.75, 3.05) is 4.90 Å². The minimum Gasteiger partial charge on any atom is -0.340 e. The maximum absolute atomic E-state index is 14.0. The Labute approximate surface area is 125 Å². The van der Waals surface area contributed by atoms with E-state index in [2.05, 4.69) is 21.2 Å². The standard InChI is InChI=1S/C14H16BrFN2O2/c1-4-14(3)13(20)18(8(2)12(19)17-14)11-7-9(15)5-6-10(11)16/h5-8H,4H2,1-3H3,(H,17,19). The van der Waals surface area contributed by atoms with E-state index in [0.29, 0.717) is 10.9 Å². The van der Waals surface area contributed by atoms with Crippen LogP contribution in [0.15, 0.2) is 22.7 Å². The number of hydrogen-bond donors (Lipinski definition) is 1. The summed E-state index contributed by atoms with van der Waals surface area (Å²) in [4.78, 5) is 25.9. The summed E-state index contributed by atoms with van der Waals surface area (Å²) in [7, 11) is 0. The molecule has 2 unspecified atom stereocenters. The molecule has 1 aliphatic rings. The topological polar surface area (TPSA) is 49.4 Å². The zero-order valence-electron chi connectivity index (χ0n) is 11.5. The molecule has 1 aliphatic heterocycles. The molecule has 0 saturated carbocycles. The van der Waals surface area contributed by atoms with Crippen LogP contribution in [0.2, 0.25) is 0 Å². The van der Waals surface area contributed by atoms with Crippen LogP contribution in [0.1, 0.15) is 27.2 Å². The SMILES string of the molecule is CCC1(C)NC(=O)C(C)N(c2cc(Br)ccc2F)C1=O. The Balaban J connectivity index is 2.54. The number of nitrogens with one attached hydrogen (secondary N) is 1. The molecule has 20 heavy (non-hydrogen) atoms. The van der Waals surface area contributed by atoms with Gasteiger partial charge in [0.1, 0.15) is 17.4 Å². The van der Waals surface area contributed by atoms with Crippen LogP contribution in [0.25, 0.3) is 0 Å². The summed E-state index contributed by atoms with van der Waals surface area (Å²) in [5.74, 6) is -1.11. The van der Waals surface area contributed by atoms with Crippen LogP contribution >= 0.6 is 15.9 Å². The van der Waals surface area contributed by atoms with Crippen LogP contribution in [0, 0.1) is 5.82 Å². The molecule has 2 rings (SSSR count). The fourth-order valence-corrected chi connectivity index (χ4v) is 2.57. The molecule has 2 atom stereocenters. The average Bonchev–Trinajstić information content (AvgIpc) is 2.41. The van der Waals surface area contributed by atoms with Gasteiger partial charge >= 0.3 is 0 Å². The zero-order valence-corrected chi connectivity index (χ0v) is 13.1. The van der Waals surface area contributed by atoms with Gasteiger partial charge < -0.3 is 5.32 Å². The predicted octanol–water partition coefficient (Wildman–Crippen LogP) is 2.61. The molecule has 2 amide bonds. The van der Waals surface area contributed by atoms with E-state index in [9.17, 15) is 14.0 Å². The second-order valence-electron chi connectivity index (χ2n) is 5.12. The molecule has 0 radical (unpaired) electrons.